The predicted octanol–water partition coefficient (Wildman–Crippen LogP) is 2.58. The van der Waals surface area contributed by atoms with Crippen molar-refractivity contribution in [3.8, 4) is 17.2 Å². The average Bonchev–Trinajstić information content (AvgIpc) is 2.83. The van der Waals surface area contributed by atoms with Gasteiger partial charge in [0.05, 0.1) is 17.8 Å². The number of rotatable bonds is 1. The van der Waals surface area contributed by atoms with Crippen LogP contribution in [0.15, 0.2) is 42.9 Å². The molecule has 4 heteroatoms. The molecule has 0 atom stereocenters. The van der Waals surface area contributed by atoms with Crippen molar-refractivity contribution in [2.45, 2.75) is 6.92 Å². The van der Waals surface area contributed by atoms with E-state index in [-0.39, 0.29) is 0 Å². The standard InChI is InChI=1S/C14H10N4/c1-10-3-4-11(7-12(10)8-15)13-9-17-18-6-2-5-16-14(13)18/h2-7,9H,1H3. The molecule has 2 aromatic heterocycles. The third-order valence-electron chi connectivity index (χ3n) is 2.95. The van der Waals surface area contributed by atoms with Gasteiger partial charge in [-0.3, -0.25) is 0 Å². The highest BCUT2D eigenvalue weighted by atomic mass is 15.2. The van der Waals surface area contributed by atoms with Gasteiger partial charge in [-0.2, -0.15) is 10.4 Å². The van der Waals surface area contributed by atoms with Gasteiger partial charge in [0, 0.05) is 18.0 Å². The zero-order valence-electron chi connectivity index (χ0n) is 9.83. The normalized spacial score (nSPS) is 10.4. The Morgan fingerprint density at radius 3 is 3.06 bits per heavy atom. The summed E-state index contributed by atoms with van der Waals surface area (Å²) in [6.45, 7) is 1.93. The van der Waals surface area contributed by atoms with Crippen LogP contribution in [0.1, 0.15) is 11.1 Å². The molecule has 3 aromatic rings. The lowest BCUT2D eigenvalue weighted by Gasteiger charge is -2.01. The summed E-state index contributed by atoms with van der Waals surface area (Å²) in [6.07, 6.45) is 5.36. The average molecular weight is 234 g/mol. The van der Waals surface area contributed by atoms with E-state index in [1.54, 1.807) is 16.9 Å². The van der Waals surface area contributed by atoms with Gasteiger partial charge in [0.25, 0.3) is 0 Å². The van der Waals surface area contributed by atoms with Gasteiger partial charge in [0.1, 0.15) is 0 Å². The van der Waals surface area contributed by atoms with Crippen molar-refractivity contribution in [1.29, 1.82) is 5.26 Å². The van der Waals surface area contributed by atoms with Crippen LogP contribution in [0.25, 0.3) is 16.8 Å². The van der Waals surface area contributed by atoms with E-state index in [1.807, 2.05) is 37.4 Å². The summed E-state index contributed by atoms with van der Waals surface area (Å²) in [5, 5.41) is 13.3. The van der Waals surface area contributed by atoms with Crippen LogP contribution in [0.3, 0.4) is 0 Å². The molecule has 0 N–H and O–H groups in total. The lowest BCUT2D eigenvalue weighted by atomic mass is 10.0. The highest BCUT2D eigenvalue weighted by Gasteiger charge is 2.08. The summed E-state index contributed by atoms with van der Waals surface area (Å²) < 4.78 is 1.72. The highest BCUT2D eigenvalue weighted by Crippen LogP contribution is 2.24. The number of fused-ring (bicyclic) bond motifs is 1. The van der Waals surface area contributed by atoms with E-state index in [0.29, 0.717) is 5.56 Å². The maximum Gasteiger partial charge on any atom is 0.162 e. The first-order valence-corrected chi connectivity index (χ1v) is 5.59. The van der Waals surface area contributed by atoms with E-state index < -0.39 is 0 Å². The summed E-state index contributed by atoms with van der Waals surface area (Å²) in [7, 11) is 0. The molecule has 0 amide bonds. The number of aryl methyl sites for hydroxylation is 1. The highest BCUT2D eigenvalue weighted by molar-refractivity contribution is 5.77. The maximum atomic E-state index is 9.07. The van der Waals surface area contributed by atoms with Gasteiger partial charge in [0.15, 0.2) is 5.65 Å². The van der Waals surface area contributed by atoms with Crippen LogP contribution >= 0.6 is 0 Å². The summed E-state index contributed by atoms with van der Waals surface area (Å²) in [5.74, 6) is 0. The fourth-order valence-electron chi connectivity index (χ4n) is 1.94. The molecule has 0 radical (unpaired) electrons. The van der Waals surface area contributed by atoms with Crippen LogP contribution < -0.4 is 0 Å². The Morgan fingerprint density at radius 1 is 1.33 bits per heavy atom. The summed E-state index contributed by atoms with van der Waals surface area (Å²) in [4.78, 5) is 4.31. The molecule has 0 fully saturated rings. The topological polar surface area (TPSA) is 54.0 Å². The van der Waals surface area contributed by atoms with Gasteiger partial charge in [-0.05, 0) is 30.2 Å². The van der Waals surface area contributed by atoms with Crippen molar-refractivity contribution in [2.24, 2.45) is 0 Å². The van der Waals surface area contributed by atoms with Crippen LogP contribution in [0, 0.1) is 18.3 Å². The fourth-order valence-corrected chi connectivity index (χ4v) is 1.94. The third-order valence-corrected chi connectivity index (χ3v) is 2.95. The number of aromatic nitrogens is 3. The molecular formula is C14H10N4. The van der Waals surface area contributed by atoms with Crippen LogP contribution in [0.5, 0.6) is 0 Å². The lowest BCUT2D eigenvalue weighted by Crippen LogP contribution is -1.88. The second-order valence-corrected chi connectivity index (χ2v) is 4.09. The molecule has 0 bridgehead atoms. The molecule has 0 aliphatic rings. The molecule has 4 nitrogen and oxygen atoms in total. The van der Waals surface area contributed by atoms with E-state index in [9.17, 15) is 0 Å². The molecule has 2 heterocycles. The van der Waals surface area contributed by atoms with Crippen molar-refractivity contribution in [3.63, 3.8) is 0 Å². The lowest BCUT2D eigenvalue weighted by molar-refractivity contribution is 0.939. The molecule has 0 aliphatic heterocycles. The van der Waals surface area contributed by atoms with E-state index in [0.717, 1.165) is 22.3 Å². The van der Waals surface area contributed by atoms with Crippen LogP contribution in [-0.2, 0) is 0 Å². The van der Waals surface area contributed by atoms with E-state index in [2.05, 4.69) is 16.2 Å². The molecule has 0 spiro atoms. The molecule has 0 unspecified atom stereocenters. The molecule has 18 heavy (non-hydrogen) atoms. The van der Waals surface area contributed by atoms with Crippen molar-refractivity contribution >= 4 is 5.65 Å². The summed E-state index contributed by atoms with van der Waals surface area (Å²) in [5.41, 5.74) is 4.36. The smallest absolute Gasteiger partial charge is 0.162 e. The van der Waals surface area contributed by atoms with Crippen molar-refractivity contribution < 1.29 is 0 Å². The second-order valence-electron chi connectivity index (χ2n) is 4.09. The third kappa shape index (κ3) is 1.54. The molecular weight excluding hydrogens is 224 g/mol. The van der Waals surface area contributed by atoms with E-state index in [4.69, 9.17) is 5.26 Å². The first-order valence-electron chi connectivity index (χ1n) is 5.59. The van der Waals surface area contributed by atoms with Crippen molar-refractivity contribution in [1.82, 2.24) is 14.6 Å². The number of nitrogens with zero attached hydrogens (tertiary/aromatic N) is 4. The van der Waals surface area contributed by atoms with Gasteiger partial charge in [-0.15, -0.1) is 0 Å². The Balaban J connectivity index is 2.24. The SMILES string of the molecule is Cc1ccc(-c2cnn3cccnc23)cc1C#N. The van der Waals surface area contributed by atoms with Gasteiger partial charge in [0.2, 0.25) is 0 Å². The van der Waals surface area contributed by atoms with E-state index >= 15 is 0 Å². The molecule has 0 aliphatic carbocycles. The molecule has 0 saturated carbocycles. The minimum Gasteiger partial charge on any atom is -0.236 e. The zero-order valence-corrected chi connectivity index (χ0v) is 9.83. The van der Waals surface area contributed by atoms with Crippen LogP contribution in [0.2, 0.25) is 0 Å². The van der Waals surface area contributed by atoms with Crippen molar-refractivity contribution in [2.75, 3.05) is 0 Å². The number of hydrogen-bond acceptors (Lipinski definition) is 3. The van der Waals surface area contributed by atoms with Crippen molar-refractivity contribution in [3.05, 3.63) is 54.0 Å². The van der Waals surface area contributed by atoms with Gasteiger partial charge in [-0.1, -0.05) is 12.1 Å². The monoisotopic (exact) mass is 234 g/mol. The van der Waals surface area contributed by atoms with Crippen LogP contribution in [-0.4, -0.2) is 14.6 Å². The molecule has 3 rings (SSSR count). The number of nitriles is 1. The number of hydrogen-bond donors (Lipinski definition) is 0. The molecule has 86 valence electrons. The fraction of sp³-hybridized carbons (Fsp3) is 0.0714. The predicted molar refractivity (Wildman–Crippen MR) is 67.9 cm³/mol. The molecule has 0 saturated heterocycles. The minimum atomic E-state index is 0.683. The van der Waals surface area contributed by atoms with E-state index in [1.165, 1.54) is 0 Å². The zero-order chi connectivity index (χ0) is 12.5. The van der Waals surface area contributed by atoms with Gasteiger partial charge < -0.3 is 0 Å². The Hall–Kier alpha value is -2.67. The Bertz CT molecular complexity index is 765. The minimum absolute atomic E-state index is 0.683. The Morgan fingerprint density at radius 2 is 2.22 bits per heavy atom. The quantitative estimate of drug-likeness (QED) is 0.650. The molecule has 1 aromatic carbocycles. The first-order chi connectivity index (χ1) is 8.79. The summed E-state index contributed by atoms with van der Waals surface area (Å²) in [6, 6.07) is 9.84. The Labute approximate surface area is 104 Å². The maximum absolute atomic E-state index is 9.07. The largest absolute Gasteiger partial charge is 0.236 e. The summed E-state index contributed by atoms with van der Waals surface area (Å²) >= 11 is 0. The first kappa shape index (κ1) is 10.5. The second kappa shape index (κ2) is 3.97. The van der Waals surface area contributed by atoms with Gasteiger partial charge in [-0.25, -0.2) is 9.50 Å². The van der Waals surface area contributed by atoms with Crippen LogP contribution in [0.4, 0.5) is 0 Å². The number of benzene rings is 1. The van der Waals surface area contributed by atoms with Gasteiger partial charge >= 0.3 is 0 Å². The Kier molecular flexibility index (Phi) is 2.31.